The first-order chi connectivity index (χ1) is 16.2. The van der Waals surface area contributed by atoms with Crippen LogP contribution in [0.25, 0.3) is 11.1 Å². The molecule has 1 aliphatic heterocycles. The van der Waals surface area contributed by atoms with Crippen molar-refractivity contribution in [1.82, 2.24) is 9.88 Å². The molecule has 1 aromatic heterocycles. The average molecular weight is 466 g/mol. The molecule has 1 atom stereocenters. The maximum Gasteiger partial charge on any atom is 0.417 e. The van der Waals surface area contributed by atoms with Crippen LogP contribution in [0.1, 0.15) is 40.7 Å². The molecule has 3 aromatic rings. The third kappa shape index (κ3) is 4.52. The number of alkyl halides is 3. The number of benzene rings is 2. The lowest BCUT2D eigenvalue weighted by molar-refractivity contribution is -0.137. The van der Waals surface area contributed by atoms with Gasteiger partial charge in [0.25, 0.3) is 5.91 Å². The highest BCUT2D eigenvalue weighted by atomic mass is 19.4. The molecular weight excluding hydrogens is 439 g/mol. The molecule has 0 bridgehead atoms. The molecule has 1 N–H and O–H groups in total. The van der Waals surface area contributed by atoms with Gasteiger partial charge in [0, 0.05) is 30.9 Å². The van der Waals surface area contributed by atoms with E-state index in [9.17, 15) is 18.0 Å². The van der Waals surface area contributed by atoms with Crippen LogP contribution in [0.3, 0.4) is 0 Å². The molecule has 0 radical (unpaired) electrons. The first-order valence-corrected chi connectivity index (χ1v) is 11.5. The first-order valence-electron chi connectivity index (χ1n) is 11.5. The summed E-state index contributed by atoms with van der Waals surface area (Å²) < 4.78 is 38.5. The second kappa shape index (κ2) is 8.46. The Hall–Kier alpha value is -3.35. The van der Waals surface area contributed by atoms with Crippen molar-refractivity contribution in [3.05, 3.63) is 83.6 Å². The summed E-state index contributed by atoms with van der Waals surface area (Å²) in [6.07, 6.45) is -0.487. The normalized spacial score (nSPS) is 18.8. The molecule has 2 fully saturated rings. The maximum atomic E-state index is 13.8. The molecule has 1 spiro atoms. The highest BCUT2D eigenvalue weighted by molar-refractivity contribution is 6.01. The quantitative estimate of drug-likeness (QED) is 0.489. The highest BCUT2D eigenvalue weighted by Gasteiger charge is 2.53. The zero-order valence-corrected chi connectivity index (χ0v) is 18.9. The van der Waals surface area contributed by atoms with Gasteiger partial charge in [0.05, 0.1) is 5.56 Å². The second-order valence-electron chi connectivity index (χ2n) is 9.52. The highest BCUT2D eigenvalue weighted by Crippen LogP contribution is 2.55. The fourth-order valence-electron chi connectivity index (χ4n) is 4.87. The van der Waals surface area contributed by atoms with Crippen LogP contribution in [-0.4, -0.2) is 34.9 Å². The third-order valence-corrected chi connectivity index (χ3v) is 6.93. The molecule has 4 nitrogen and oxygen atoms in total. The zero-order chi connectivity index (χ0) is 23.9. The number of pyridine rings is 1. The Morgan fingerprint density at radius 3 is 2.53 bits per heavy atom. The SMILES string of the molecule is Cc1ccc(-c2ccccc2)c(C(=O)N2CC3(CC3)C[C@H]2CNc2ccc(C(F)(F)F)cn2)c1. The van der Waals surface area contributed by atoms with E-state index in [1.807, 2.05) is 60.4 Å². The van der Waals surface area contributed by atoms with Crippen LogP contribution in [0.2, 0.25) is 0 Å². The molecule has 0 unspecified atom stereocenters. The first kappa shape index (κ1) is 22.4. The molecule has 2 heterocycles. The van der Waals surface area contributed by atoms with E-state index in [0.717, 1.165) is 48.2 Å². The number of aryl methyl sites for hydroxylation is 1. The Kier molecular flexibility index (Phi) is 5.58. The molecule has 1 aliphatic carbocycles. The summed E-state index contributed by atoms with van der Waals surface area (Å²) in [6, 6.07) is 18.2. The van der Waals surface area contributed by atoms with Crippen LogP contribution in [-0.2, 0) is 6.18 Å². The van der Waals surface area contributed by atoms with Crippen molar-refractivity contribution >= 4 is 11.7 Å². The number of hydrogen-bond acceptors (Lipinski definition) is 3. The summed E-state index contributed by atoms with van der Waals surface area (Å²) in [5, 5.41) is 3.15. The Morgan fingerprint density at radius 1 is 1.12 bits per heavy atom. The van der Waals surface area contributed by atoms with Crippen molar-refractivity contribution in [2.45, 2.75) is 38.4 Å². The van der Waals surface area contributed by atoms with Crippen molar-refractivity contribution in [2.75, 3.05) is 18.4 Å². The summed E-state index contributed by atoms with van der Waals surface area (Å²) in [7, 11) is 0. The van der Waals surface area contributed by atoms with Gasteiger partial charge in [-0.1, -0.05) is 48.0 Å². The Bertz CT molecular complexity index is 1190. The lowest BCUT2D eigenvalue weighted by Gasteiger charge is -2.26. The molecule has 176 valence electrons. The monoisotopic (exact) mass is 465 g/mol. The van der Waals surface area contributed by atoms with Gasteiger partial charge in [-0.05, 0) is 60.9 Å². The van der Waals surface area contributed by atoms with Gasteiger partial charge in [-0.25, -0.2) is 4.98 Å². The Balaban J connectivity index is 1.37. The number of rotatable bonds is 5. The number of hydrogen-bond donors (Lipinski definition) is 1. The molecular formula is C27H26F3N3O. The summed E-state index contributed by atoms with van der Waals surface area (Å²) >= 11 is 0. The molecule has 1 amide bonds. The van der Waals surface area contributed by atoms with Crippen LogP contribution in [0.15, 0.2) is 66.9 Å². The van der Waals surface area contributed by atoms with E-state index in [4.69, 9.17) is 0 Å². The number of carbonyl (C=O) groups is 1. The van der Waals surface area contributed by atoms with Gasteiger partial charge in [0.15, 0.2) is 0 Å². The van der Waals surface area contributed by atoms with Gasteiger partial charge in [-0.3, -0.25) is 4.79 Å². The fourth-order valence-corrected chi connectivity index (χ4v) is 4.87. The van der Waals surface area contributed by atoms with Crippen LogP contribution in [0, 0.1) is 12.3 Å². The van der Waals surface area contributed by atoms with Crippen molar-refractivity contribution < 1.29 is 18.0 Å². The standard InChI is InChI=1S/C27H26F3N3O/c1-18-7-9-22(19-5-3-2-4-6-19)23(13-18)25(34)33-17-26(11-12-26)14-21(33)16-32-24-10-8-20(15-31-24)27(28,29)30/h2-10,13,15,21H,11-12,14,16-17H2,1H3,(H,31,32)/t21-/m0/s1. The van der Waals surface area contributed by atoms with Gasteiger partial charge in [-0.15, -0.1) is 0 Å². The summed E-state index contributed by atoms with van der Waals surface area (Å²) in [6.45, 7) is 3.13. The van der Waals surface area contributed by atoms with E-state index >= 15 is 0 Å². The molecule has 7 heteroatoms. The molecule has 2 aliphatic rings. The number of aromatic nitrogens is 1. The third-order valence-electron chi connectivity index (χ3n) is 6.93. The topological polar surface area (TPSA) is 45.2 Å². The van der Waals surface area contributed by atoms with Crippen LogP contribution >= 0.6 is 0 Å². The van der Waals surface area contributed by atoms with Crippen molar-refractivity contribution in [1.29, 1.82) is 0 Å². The van der Waals surface area contributed by atoms with Crippen molar-refractivity contribution in [3.63, 3.8) is 0 Å². The summed E-state index contributed by atoms with van der Waals surface area (Å²) in [4.78, 5) is 19.7. The van der Waals surface area contributed by atoms with Crippen LogP contribution in [0.4, 0.5) is 19.0 Å². The zero-order valence-electron chi connectivity index (χ0n) is 18.9. The molecule has 2 aromatic carbocycles. The van der Waals surface area contributed by atoms with E-state index < -0.39 is 11.7 Å². The number of likely N-dealkylation sites (tertiary alicyclic amines) is 1. The molecule has 34 heavy (non-hydrogen) atoms. The van der Waals surface area contributed by atoms with Gasteiger partial charge in [0.2, 0.25) is 0 Å². The Morgan fingerprint density at radius 2 is 1.88 bits per heavy atom. The number of amides is 1. The predicted octanol–water partition coefficient (Wildman–Crippen LogP) is 6.18. The summed E-state index contributed by atoms with van der Waals surface area (Å²) in [5.41, 5.74) is 3.00. The van der Waals surface area contributed by atoms with Gasteiger partial charge < -0.3 is 10.2 Å². The average Bonchev–Trinajstić information content (AvgIpc) is 3.48. The number of halogens is 3. The lowest BCUT2D eigenvalue weighted by Crippen LogP contribution is -2.40. The van der Waals surface area contributed by atoms with E-state index in [1.54, 1.807) is 0 Å². The lowest BCUT2D eigenvalue weighted by atomic mass is 9.96. The Labute approximate surface area is 196 Å². The van der Waals surface area contributed by atoms with Crippen molar-refractivity contribution in [3.8, 4) is 11.1 Å². The van der Waals surface area contributed by atoms with Gasteiger partial charge >= 0.3 is 6.18 Å². The smallest absolute Gasteiger partial charge is 0.368 e. The fraction of sp³-hybridized carbons (Fsp3) is 0.333. The number of anilines is 1. The van der Waals surface area contributed by atoms with Crippen LogP contribution in [0.5, 0.6) is 0 Å². The predicted molar refractivity (Wildman–Crippen MR) is 125 cm³/mol. The number of carbonyl (C=O) groups excluding carboxylic acids is 1. The van der Waals surface area contributed by atoms with Crippen molar-refractivity contribution in [2.24, 2.45) is 5.41 Å². The minimum atomic E-state index is -4.41. The maximum absolute atomic E-state index is 13.8. The van der Waals surface area contributed by atoms with E-state index in [0.29, 0.717) is 24.5 Å². The summed E-state index contributed by atoms with van der Waals surface area (Å²) in [5.74, 6) is 0.371. The van der Waals surface area contributed by atoms with E-state index in [1.165, 1.54) is 6.07 Å². The van der Waals surface area contributed by atoms with Gasteiger partial charge in [0.1, 0.15) is 5.82 Å². The van der Waals surface area contributed by atoms with E-state index in [-0.39, 0.29) is 17.4 Å². The minimum absolute atomic E-state index is 0.00138. The number of nitrogens with one attached hydrogen (secondary N) is 1. The second-order valence-corrected chi connectivity index (χ2v) is 9.52. The largest absolute Gasteiger partial charge is 0.417 e. The van der Waals surface area contributed by atoms with Gasteiger partial charge in [-0.2, -0.15) is 13.2 Å². The number of nitrogens with zero attached hydrogens (tertiary/aromatic N) is 2. The minimum Gasteiger partial charge on any atom is -0.368 e. The molecule has 1 saturated heterocycles. The molecule has 1 saturated carbocycles. The molecule has 5 rings (SSSR count). The van der Waals surface area contributed by atoms with Crippen LogP contribution < -0.4 is 5.32 Å². The van der Waals surface area contributed by atoms with E-state index in [2.05, 4.69) is 10.3 Å².